The summed E-state index contributed by atoms with van der Waals surface area (Å²) in [5, 5.41) is 4.28. The minimum Gasteiger partial charge on any atom is -0.314 e. The summed E-state index contributed by atoms with van der Waals surface area (Å²) < 4.78 is 0. The fraction of sp³-hybridized carbons (Fsp3) is 0.615. The first kappa shape index (κ1) is 13.5. The molecule has 0 aliphatic heterocycles. The van der Waals surface area contributed by atoms with Gasteiger partial charge in [0.05, 0.1) is 5.02 Å². The lowest BCUT2D eigenvalue weighted by molar-refractivity contribution is 0.424. The zero-order valence-corrected chi connectivity index (χ0v) is 11.1. The molecule has 0 spiro atoms. The molecule has 1 unspecified atom stereocenters. The second-order valence-corrected chi connectivity index (χ2v) is 4.96. The molecule has 1 rings (SSSR count). The smallest absolute Gasteiger partial charge is 0.0621 e. The van der Waals surface area contributed by atoms with Gasteiger partial charge in [-0.3, -0.25) is 4.98 Å². The van der Waals surface area contributed by atoms with Crippen LogP contribution in [0.4, 0.5) is 0 Å². The van der Waals surface area contributed by atoms with Crippen molar-refractivity contribution in [2.75, 3.05) is 6.54 Å². The molecule has 0 fully saturated rings. The van der Waals surface area contributed by atoms with Gasteiger partial charge in [-0.15, -0.1) is 0 Å². The van der Waals surface area contributed by atoms with Crippen molar-refractivity contribution in [2.45, 2.75) is 39.7 Å². The van der Waals surface area contributed by atoms with Crippen molar-refractivity contribution in [3.05, 3.63) is 29.0 Å². The van der Waals surface area contributed by atoms with Gasteiger partial charge in [0.2, 0.25) is 0 Å². The van der Waals surface area contributed by atoms with Gasteiger partial charge in [-0.1, -0.05) is 32.4 Å². The van der Waals surface area contributed by atoms with Gasteiger partial charge in [-0.25, -0.2) is 0 Å². The predicted octanol–water partition coefficient (Wildman–Crippen LogP) is 3.30. The molecule has 3 heteroatoms. The van der Waals surface area contributed by atoms with Gasteiger partial charge in [-0.05, 0) is 36.9 Å². The molecule has 0 saturated heterocycles. The Morgan fingerprint density at radius 1 is 1.44 bits per heavy atom. The Bertz CT molecular complexity index is 313. The number of rotatable bonds is 6. The van der Waals surface area contributed by atoms with Gasteiger partial charge < -0.3 is 5.32 Å². The number of halogens is 1. The Labute approximate surface area is 103 Å². The van der Waals surface area contributed by atoms with E-state index in [4.69, 9.17) is 11.6 Å². The van der Waals surface area contributed by atoms with Crippen LogP contribution >= 0.6 is 11.6 Å². The van der Waals surface area contributed by atoms with Gasteiger partial charge in [0.1, 0.15) is 0 Å². The van der Waals surface area contributed by atoms with E-state index < -0.39 is 0 Å². The van der Waals surface area contributed by atoms with Crippen molar-refractivity contribution < 1.29 is 0 Å². The predicted molar refractivity (Wildman–Crippen MR) is 69.9 cm³/mol. The van der Waals surface area contributed by atoms with Crippen molar-refractivity contribution in [2.24, 2.45) is 5.92 Å². The van der Waals surface area contributed by atoms with E-state index in [1.807, 2.05) is 6.07 Å². The Balaban J connectivity index is 2.64. The maximum Gasteiger partial charge on any atom is 0.0621 e. The molecule has 0 aliphatic carbocycles. The number of pyridine rings is 1. The molecule has 1 aromatic heterocycles. The van der Waals surface area contributed by atoms with Crippen LogP contribution in [-0.4, -0.2) is 17.6 Å². The lowest BCUT2D eigenvalue weighted by Crippen LogP contribution is -2.32. The quantitative estimate of drug-likeness (QED) is 0.825. The molecule has 1 N–H and O–H groups in total. The maximum atomic E-state index is 6.11. The zero-order chi connectivity index (χ0) is 12.0. The van der Waals surface area contributed by atoms with E-state index in [1.54, 1.807) is 12.4 Å². The molecule has 90 valence electrons. The molecule has 0 amide bonds. The highest BCUT2D eigenvalue weighted by molar-refractivity contribution is 6.31. The largest absolute Gasteiger partial charge is 0.314 e. The molecule has 0 aliphatic rings. The van der Waals surface area contributed by atoms with Gasteiger partial charge in [0.15, 0.2) is 0 Å². The molecule has 16 heavy (non-hydrogen) atoms. The van der Waals surface area contributed by atoms with Crippen LogP contribution in [0.5, 0.6) is 0 Å². The Hall–Kier alpha value is -0.600. The second-order valence-electron chi connectivity index (χ2n) is 4.56. The number of likely N-dealkylation sites (N-methyl/N-ethyl adjacent to an activating group) is 1. The summed E-state index contributed by atoms with van der Waals surface area (Å²) in [7, 11) is 0. The third kappa shape index (κ3) is 4.50. The fourth-order valence-electron chi connectivity index (χ4n) is 1.93. The van der Waals surface area contributed by atoms with Gasteiger partial charge in [0.25, 0.3) is 0 Å². The molecule has 1 aromatic rings. The minimum atomic E-state index is 0.505. The van der Waals surface area contributed by atoms with Crippen LogP contribution in [0.1, 0.15) is 32.8 Å². The Morgan fingerprint density at radius 3 is 2.75 bits per heavy atom. The third-order valence-electron chi connectivity index (χ3n) is 2.57. The molecule has 1 heterocycles. The molecule has 0 radical (unpaired) electrons. The maximum absolute atomic E-state index is 6.11. The minimum absolute atomic E-state index is 0.505. The van der Waals surface area contributed by atoms with Crippen LogP contribution in [-0.2, 0) is 6.42 Å². The van der Waals surface area contributed by atoms with E-state index >= 15 is 0 Å². The topological polar surface area (TPSA) is 24.9 Å². The Kier molecular flexibility index (Phi) is 5.78. The lowest BCUT2D eigenvalue weighted by atomic mass is 9.98. The third-order valence-corrected chi connectivity index (χ3v) is 2.91. The van der Waals surface area contributed by atoms with Crippen LogP contribution in [0.2, 0.25) is 5.02 Å². The van der Waals surface area contributed by atoms with Crippen LogP contribution in [0.15, 0.2) is 18.5 Å². The molecule has 0 saturated carbocycles. The number of aromatic nitrogens is 1. The average molecular weight is 241 g/mol. The van der Waals surface area contributed by atoms with E-state index in [1.165, 1.54) is 12.0 Å². The van der Waals surface area contributed by atoms with E-state index in [0.29, 0.717) is 12.0 Å². The monoisotopic (exact) mass is 240 g/mol. The summed E-state index contributed by atoms with van der Waals surface area (Å²) in [6.45, 7) is 7.64. The van der Waals surface area contributed by atoms with Crippen molar-refractivity contribution >= 4 is 11.6 Å². The summed E-state index contributed by atoms with van der Waals surface area (Å²) in [5.41, 5.74) is 1.18. The number of hydrogen-bond acceptors (Lipinski definition) is 2. The fourth-order valence-corrected chi connectivity index (χ4v) is 2.13. The van der Waals surface area contributed by atoms with E-state index in [2.05, 4.69) is 31.1 Å². The van der Waals surface area contributed by atoms with E-state index in [-0.39, 0.29) is 0 Å². The van der Waals surface area contributed by atoms with Crippen LogP contribution in [0, 0.1) is 5.92 Å². The zero-order valence-electron chi connectivity index (χ0n) is 10.3. The first-order chi connectivity index (χ1) is 7.63. The van der Waals surface area contributed by atoms with Crippen molar-refractivity contribution in [3.63, 3.8) is 0 Å². The molecule has 0 aromatic carbocycles. The van der Waals surface area contributed by atoms with Crippen LogP contribution < -0.4 is 5.32 Å². The normalized spacial score (nSPS) is 13.1. The summed E-state index contributed by atoms with van der Waals surface area (Å²) >= 11 is 6.11. The first-order valence-electron chi connectivity index (χ1n) is 5.95. The van der Waals surface area contributed by atoms with Gasteiger partial charge >= 0.3 is 0 Å². The van der Waals surface area contributed by atoms with Gasteiger partial charge in [-0.2, -0.15) is 0 Å². The van der Waals surface area contributed by atoms with E-state index in [0.717, 1.165) is 18.0 Å². The SMILES string of the molecule is CCNC(Cc1ccncc1Cl)CC(C)C. The standard InChI is InChI=1S/C13H21ClN2/c1-4-16-12(7-10(2)3)8-11-5-6-15-9-13(11)14/h5-6,9-10,12,16H,4,7-8H2,1-3H3. The highest BCUT2D eigenvalue weighted by Gasteiger charge is 2.12. The first-order valence-corrected chi connectivity index (χ1v) is 6.33. The van der Waals surface area contributed by atoms with E-state index in [9.17, 15) is 0 Å². The molecule has 0 bridgehead atoms. The van der Waals surface area contributed by atoms with Gasteiger partial charge in [0, 0.05) is 18.4 Å². The number of hydrogen-bond donors (Lipinski definition) is 1. The summed E-state index contributed by atoms with van der Waals surface area (Å²) in [5.74, 6) is 0.699. The lowest BCUT2D eigenvalue weighted by Gasteiger charge is -2.20. The number of nitrogens with zero attached hydrogens (tertiary/aromatic N) is 1. The molecule has 1 atom stereocenters. The number of nitrogens with one attached hydrogen (secondary N) is 1. The van der Waals surface area contributed by atoms with Crippen LogP contribution in [0.3, 0.4) is 0 Å². The summed E-state index contributed by atoms with van der Waals surface area (Å²) in [6.07, 6.45) is 5.68. The second kappa shape index (κ2) is 6.87. The highest BCUT2D eigenvalue weighted by Crippen LogP contribution is 2.17. The average Bonchev–Trinajstić information content (AvgIpc) is 2.21. The molecular weight excluding hydrogens is 220 g/mol. The highest BCUT2D eigenvalue weighted by atomic mass is 35.5. The van der Waals surface area contributed by atoms with Crippen molar-refractivity contribution in [3.8, 4) is 0 Å². The van der Waals surface area contributed by atoms with Crippen LogP contribution in [0.25, 0.3) is 0 Å². The molecular formula is C13H21ClN2. The Morgan fingerprint density at radius 2 is 2.19 bits per heavy atom. The summed E-state index contributed by atoms with van der Waals surface area (Å²) in [6, 6.07) is 2.51. The van der Waals surface area contributed by atoms with Crippen molar-refractivity contribution in [1.29, 1.82) is 0 Å². The molecule has 2 nitrogen and oxygen atoms in total. The summed E-state index contributed by atoms with van der Waals surface area (Å²) in [4.78, 5) is 4.01. The van der Waals surface area contributed by atoms with Crippen molar-refractivity contribution in [1.82, 2.24) is 10.3 Å².